The van der Waals surface area contributed by atoms with Crippen molar-refractivity contribution >= 4 is 17.1 Å². The second-order valence-electron chi connectivity index (χ2n) is 6.35. The predicted octanol–water partition coefficient (Wildman–Crippen LogP) is 3.13. The Morgan fingerprint density at radius 2 is 1.67 bits per heavy atom. The molecule has 0 bridgehead atoms. The number of allylic oxidation sites excluding steroid dienone is 9. The molecule has 24 heavy (non-hydrogen) atoms. The van der Waals surface area contributed by atoms with Crippen molar-refractivity contribution in [2.75, 3.05) is 0 Å². The van der Waals surface area contributed by atoms with Crippen LogP contribution in [0.15, 0.2) is 65.5 Å². The highest BCUT2D eigenvalue weighted by Gasteiger charge is 2.43. The Bertz CT molecular complexity index is 1010. The molecule has 0 amide bonds. The van der Waals surface area contributed by atoms with Gasteiger partial charge in [0.05, 0.1) is 5.56 Å². The van der Waals surface area contributed by atoms with Crippen LogP contribution < -0.4 is 0 Å². The SMILES string of the molecule is O=C1C=CC2c3ccc(O)c4c3C(=C3C=CC(O)=C1C32)C=CC4=O. The Hall–Kier alpha value is -3.14. The lowest BCUT2D eigenvalue weighted by Crippen LogP contribution is -2.31. The van der Waals surface area contributed by atoms with Gasteiger partial charge in [0.15, 0.2) is 11.6 Å². The molecule has 4 aliphatic rings. The van der Waals surface area contributed by atoms with Gasteiger partial charge in [-0.1, -0.05) is 24.3 Å². The summed E-state index contributed by atoms with van der Waals surface area (Å²) in [6, 6.07) is 3.33. The van der Waals surface area contributed by atoms with E-state index >= 15 is 0 Å². The minimum Gasteiger partial charge on any atom is -0.508 e. The quantitative estimate of drug-likeness (QED) is 0.771. The van der Waals surface area contributed by atoms with Crippen molar-refractivity contribution in [2.45, 2.75) is 5.92 Å². The lowest BCUT2D eigenvalue weighted by Gasteiger charge is -2.40. The van der Waals surface area contributed by atoms with Gasteiger partial charge in [-0.3, -0.25) is 9.59 Å². The molecule has 0 spiro atoms. The molecule has 1 aromatic carbocycles. The summed E-state index contributed by atoms with van der Waals surface area (Å²) < 4.78 is 0. The molecule has 2 unspecified atom stereocenters. The van der Waals surface area contributed by atoms with Gasteiger partial charge in [-0.15, -0.1) is 0 Å². The Morgan fingerprint density at radius 1 is 0.833 bits per heavy atom. The maximum atomic E-state index is 12.3. The first kappa shape index (κ1) is 13.3. The largest absolute Gasteiger partial charge is 0.508 e. The summed E-state index contributed by atoms with van der Waals surface area (Å²) in [6.45, 7) is 0. The number of fused-ring (bicyclic) bond motifs is 1. The number of hydrogen-bond donors (Lipinski definition) is 2. The maximum absolute atomic E-state index is 12.3. The molecule has 0 aliphatic heterocycles. The van der Waals surface area contributed by atoms with Gasteiger partial charge < -0.3 is 10.2 Å². The topological polar surface area (TPSA) is 74.6 Å². The summed E-state index contributed by atoms with van der Waals surface area (Å²) in [5.74, 6) is -0.839. The van der Waals surface area contributed by atoms with Crippen LogP contribution in [0, 0.1) is 5.92 Å². The average molecular weight is 316 g/mol. The maximum Gasteiger partial charge on any atom is 0.190 e. The molecule has 1 aromatic rings. The van der Waals surface area contributed by atoms with Crippen LogP contribution in [0.25, 0.3) is 5.57 Å². The number of benzene rings is 1. The van der Waals surface area contributed by atoms with E-state index in [-0.39, 0.29) is 34.9 Å². The zero-order valence-corrected chi connectivity index (χ0v) is 12.5. The standard InChI is InChI=1S/C20H12O4/c21-13-5-1-9-10-2-6-15(23)20-16(24)8-4-12(18(10)20)11-3-7-14(22)19(13)17(9)11/h1-9,17,22-23H. The van der Waals surface area contributed by atoms with Gasteiger partial charge >= 0.3 is 0 Å². The smallest absolute Gasteiger partial charge is 0.190 e. The summed E-state index contributed by atoms with van der Waals surface area (Å²) in [7, 11) is 0. The first-order chi connectivity index (χ1) is 11.6. The van der Waals surface area contributed by atoms with Gasteiger partial charge in [-0.2, -0.15) is 0 Å². The molecule has 2 atom stereocenters. The lowest BCUT2D eigenvalue weighted by atomic mass is 9.62. The third-order valence-electron chi connectivity index (χ3n) is 5.23. The van der Waals surface area contributed by atoms with Crippen LogP contribution >= 0.6 is 0 Å². The molecule has 5 rings (SSSR count). The van der Waals surface area contributed by atoms with E-state index in [2.05, 4.69) is 0 Å². The first-order valence-electron chi connectivity index (χ1n) is 7.74. The van der Waals surface area contributed by atoms with Crippen LogP contribution in [-0.4, -0.2) is 21.8 Å². The Labute approximate surface area is 137 Å². The molecule has 4 nitrogen and oxygen atoms in total. The molecular formula is C20H12O4. The third-order valence-corrected chi connectivity index (χ3v) is 5.23. The van der Waals surface area contributed by atoms with E-state index < -0.39 is 0 Å². The number of hydrogen-bond acceptors (Lipinski definition) is 4. The van der Waals surface area contributed by atoms with E-state index in [9.17, 15) is 19.8 Å². The summed E-state index contributed by atoms with van der Waals surface area (Å²) >= 11 is 0. The number of aliphatic hydroxyl groups is 1. The van der Waals surface area contributed by atoms with E-state index in [4.69, 9.17) is 0 Å². The number of carbonyl (C=O) groups is 2. The Kier molecular flexibility index (Phi) is 2.35. The monoisotopic (exact) mass is 316 g/mol. The van der Waals surface area contributed by atoms with Crippen LogP contribution in [0.5, 0.6) is 5.75 Å². The van der Waals surface area contributed by atoms with Gasteiger partial charge in [0.25, 0.3) is 0 Å². The van der Waals surface area contributed by atoms with Crippen LogP contribution in [0.2, 0.25) is 0 Å². The molecule has 2 N–H and O–H groups in total. The van der Waals surface area contributed by atoms with Gasteiger partial charge in [-0.25, -0.2) is 0 Å². The van der Waals surface area contributed by atoms with Crippen molar-refractivity contribution in [3.63, 3.8) is 0 Å². The number of rotatable bonds is 0. The number of ketones is 2. The molecule has 4 aliphatic carbocycles. The van der Waals surface area contributed by atoms with Gasteiger partial charge in [0.2, 0.25) is 0 Å². The molecule has 0 heterocycles. The fourth-order valence-electron chi connectivity index (χ4n) is 4.25. The minimum atomic E-state index is -0.259. The van der Waals surface area contributed by atoms with Gasteiger partial charge in [-0.05, 0) is 41.0 Å². The molecule has 0 radical (unpaired) electrons. The minimum absolute atomic E-state index is 0.00187. The van der Waals surface area contributed by atoms with Gasteiger partial charge in [0, 0.05) is 23.0 Å². The number of phenols is 1. The van der Waals surface area contributed by atoms with E-state index in [0.717, 1.165) is 22.3 Å². The predicted molar refractivity (Wildman–Crippen MR) is 87.7 cm³/mol. The number of aliphatic hydroxyl groups excluding tert-OH is 1. The number of aromatic hydroxyl groups is 1. The molecule has 0 aromatic heterocycles. The highest BCUT2D eigenvalue weighted by molar-refractivity contribution is 6.16. The number of carbonyl (C=O) groups excluding carboxylic acids is 2. The second kappa shape index (κ2) is 4.23. The number of phenolic OH excluding ortho intramolecular Hbond substituents is 1. The fourth-order valence-corrected chi connectivity index (χ4v) is 4.25. The van der Waals surface area contributed by atoms with E-state index in [1.807, 2.05) is 6.08 Å². The van der Waals surface area contributed by atoms with Crippen molar-refractivity contribution in [1.82, 2.24) is 0 Å². The fraction of sp³-hybridized carbons (Fsp3) is 0.100. The zero-order valence-electron chi connectivity index (χ0n) is 12.5. The van der Waals surface area contributed by atoms with E-state index in [1.165, 1.54) is 24.3 Å². The molecule has 4 heteroatoms. The highest BCUT2D eigenvalue weighted by Crippen LogP contribution is 2.54. The summed E-state index contributed by atoms with van der Waals surface area (Å²) in [4.78, 5) is 24.6. The summed E-state index contributed by atoms with van der Waals surface area (Å²) in [5, 5.41) is 20.4. The van der Waals surface area contributed by atoms with Crippen LogP contribution in [0.1, 0.15) is 27.4 Å². The Balaban J connectivity index is 1.93. The van der Waals surface area contributed by atoms with Crippen LogP contribution in [0.4, 0.5) is 0 Å². The van der Waals surface area contributed by atoms with Crippen LogP contribution in [0.3, 0.4) is 0 Å². The van der Waals surface area contributed by atoms with Crippen molar-refractivity contribution in [3.8, 4) is 5.75 Å². The van der Waals surface area contributed by atoms with E-state index in [0.29, 0.717) is 11.1 Å². The summed E-state index contributed by atoms with van der Waals surface area (Å²) in [6.07, 6.45) is 9.82. The molecular weight excluding hydrogens is 304 g/mol. The summed E-state index contributed by atoms with van der Waals surface area (Å²) in [5.41, 5.74) is 4.08. The second-order valence-corrected chi connectivity index (χ2v) is 6.35. The van der Waals surface area contributed by atoms with Crippen molar-refractivity contribution in [3.05, 3.63) is 82.2 Å². The van der Waals surface area contributed by atoms with Crippen molar-refractivity contribution in [1.29, 1.82) is 0 Å². The normalized spacial score (nSPS) is 26.0. The average Bonchev–Trinajstić information content (AvgIpc) is 2.57. The third kappa shape index (κ3) is 1.43. The molecule has 116 valence electrons. The lowest BCUT2D eigenvalue weighted by molar-refractivity contribution is -0.112. The van der Waals surface area contributed by atoms with E-state index in [1.54, 1.807) is 18.2 Å². The molecule has 0 fully saturated rings. The van der Waals surface area contributed by atoms with Gasteiger partial charge in [0.1, 0.15) is 11.5 Å². The highest BCUT2D eigenvalue weighted by atomic mass is 16.3. The Morgan fingerprint density at radius 3 is 2.50 bits per heavy atom. The van der Waals surface area contributed by atoms with Crippen molar-refractivity contribution in [2.24, 2.45) is 5.92 Å². The molecule has 0 saturated heterocycles. The van der Waals surface area contributed by atoms with Crippen molar-refractivity contribution < 1.29 is 19.8 Å². The van der Waals surface area contributed by atoms with Crippen LogP contribution in [-0.2, 0) is 4.79 Å². The zero-order chi connectivity index (χ0) is 16.6. The first-order valence-corrected chi connectivity index (χ1v) is 7.74. The molecule has 0 saturated carbocycles.